The Bertz CT molecular complexity index is 1890. The monoisotopic (exact) mass is 661 g/mol. The van der Waals surface area contributed by atoms with Crippen LogP contribution in [0.1, 0.15) is 59.3 Å². The number of aromatic nitrogens is 3. The number of carbonyl (C=O) groups is 1. The smallest absolute Gasteiger partial charge is 0.459 e. The Hall–Kier alpha value is -4.02. The second kappa shape index (κ2) is 15.3. The number of nitrogen functional groups attached to an aromatic ring is 1. The second-order valence-electron chi connectivity index (χ2n) is 11.8. The molecule has 12 heteroatoms. The number of unbranched alkanes of at least 4 members (excludes halogenated alkanes) is 1. The number of pyridine rings is 1. The first kappa shape index (κ1) is 34.3. The number of nitrogens with one attached hydrogen (secondary N) is 1. The van der Waals surface area contributed by atoms with Crippen molar-refractivity contribution in [3.8, 4) is 5.75 Å². The number of esters is 1. The van der Waals surface area contributed by atoms with Crippen LogP contribution in [0.4, 0.5) is 5.82 Å². The number of hydrogen-bond donors (Lipinski definition) is 2. The maximum atomic E-state index is 14.6. The van der Waals surface area contributed by atoms with Gasteiger partial charge in [-0.1, -0.05) is 75.7 Å². The van der Waals surface area contributed by atoms with Crippen molar-refractivity contribution < 1.29 is 27.9 Å². The zero-order valence-electron chi connectivity index (χ0n) is 27.6. The van der Waals surface area contributed by atoms with E-state index in [1.54, 1.807) is 19.1 Å². The van der Waals surface area contributed by atoms with Crippen molar-refractivity contribution in [3.63, 3.8) is 0 Å². The lowest BCUT2D eigenvalue weighted by atomic mass is 10.0. The number of hydrogen-bond acceptors (Lipinski definition) is 9. The molecule has 0 aliphatic heterocycles. The molecule has 0 spiro atoms. The molecule has 3 atom stereocenters. The molecule has 0 saturated carbocycles. The fourth-order valence-electron chi connectivity index (χ4n) is 5.45. The van der Waals surface area contributed by atoms with Crippen LogP contribution in [0.25, 0.3) is 32.7 Å². The third-order valence-electron chi connectivity index (χ3n) is 7.97. The van der Waals surface area contributed by atoms with Crippen molar-refractivity contribution in [2.75, 3.05) is 25.6 Å². The Labute approximate surface area is 275 Å². The SMILES string of the molecule is CCCCOC(=O)[C@H](C)N[P@](=O)(OC[C@H](C(C)C)n1c(COCC)nc2c(N)nc3ccccc3c21)Oc1ccc2ccccc2c1. The highest BCUT2D eigenvalue weighted by molar-refractivity contribution is 7.52. The van der Waals surface area contributed by atoms with Crippen LogP contribution >= 0.6 is 7.75 Å². The van der Waals surface area contributed by atoms with Gasteiger partial charge in [0.15, 0.2) is 5.82 Å². The summed E-state index contributed by atoms with van der Waals surface area (Å²) in [5.74, 6) is 0.716. The number of benzene rings is 3. The maximum Gasteiger partial charge on any atom is 0.459 e. The molecule has 5 rings (SSSR count). The third-order valence-corrected chi connectivity index (χ3v) is 9.62. The molecule has 0 aliphatic carbocycles. The molecule has 0 saturated heterocycles. The first-order valence-corrected chi connectivity index (χ1v) is 17.7. The van der Waals surface area contributed by atoms with Crippen molar-refractivity contribution in [1.82, 2.24) is 19.6 Å². The summed E-state index contributed by atoms with van der Waals surface area (Å²) in [6.07, 6.45) is 1.61. The van der Waals surface area contributed by atoms with Gasteiger partial charge in [-0.2, -0.15) is 5.09 Å². The first-order valence-electron chi connectivity index (χ1n) is 16.1. The standard InChI is InChI=1S/C35H44N5O6P/c1-6-8-19-44-35(41)24(5)39-47(42,46-27-18-17-25-13-9-10-14-26(25)20-27)45-21-30(23(3)4)40-31(22-43-7-2)38-32-33(40)28-15-11-12-16-29(28)37-34(32)36/h9-18,20,23-24,30H,6-8,19,21-22H2,1-5H3,(H2,36,37)(H,39,42)/t24-,30+,47-/m0/s1. The molecule has 3 aromatic carbocycles. The van der Waals surface area contributed by atoms with Crippen LogP contribution in [0.15, 0.2) is 66.7 Å². The summed E-state index contributed by atoms with van der Waals surface area (Å²) in [5, 5.41) is 5.62. The van der Waals surface area contributed by atoms with Crippen molar-refractivity contribution in [2.45, 2.75) is 66.2 Å². The number of para-hydroxylation sites is 1. The Morgan fingerprint density at radius 1 is 1.00 bits per heavy atom. The van der Waals surface area contributed by atoms with Crippen molar-refractivity contribution in [1.29, 1.82) is 0 Å². The highest BCUT2D eigenvalue weighted by atomic mass is 31.2. The van der Waals surface area contributed by atoms with Crippen LogP contribution in [0.3, 0.4) is 0 Å². The first-order chi connectivity index (χ1) is 22.6. The predicted octanol–water partition coefficient (Wildman–Crippen LogP) is 7.58. The zero-order valence-corrected chi connectivity index (χ0v) is 28.5. The molecule has 0 bridgehead atoms. The van der Waals surface area contributed by atoms with Gasteiger partial charge in [-0.15, -0.1) is 0 Å². The summed E-state index contributed by atoms with van der Waals surface area (Å²) in [6.45, 7) is 10.6. The van der Waals surface area contributed by atoms with Crippen LogP contribution in [-0.2, 0) is 30.0 Å². The van der Waals surface area contributed by atoms with Gasteiger partial charge in [-0.05, 0) is 55.2 Å². The average Bonchev–Trinajstić information content (AvgIpc) is 3.43. The molecule has 47 heavy (non-hydrogen) atoms. The van der Waals surface area contributed by atoms with Gasteiger partial charge < -0.3 is 24.3 Å². The van der Waals surface area contributed by atoms with Gasteiger partial charge in [0, 0.05) is 12.0 Å². The number of fused-ring (bicyclic) bond motifs is 4. The minimum Gasteiger partial charge on any atom is -0.465 e. The number of ether oxygens (including phenoxy) is 2. The summed E-state index contributed by atoms with van der Waals surface area (Å²) in [7, 11) is -4.17. The van der Waals surface area contributed by atoms with Crippen molar-refractivity contribution in [3.05, 3.63) is 72.6 Å². The molecule has 0 amide bonds. The number of anilines is 1. The lowest BCUT2D eigenvalue weighted by Crippen LogP contribution is -2.36. The zero-order chi connectivity index (χ0) is 33.6. The van der Waals surface area contributed by atoms with Gasteiger partial charge >= 0.3 is 13.7 Å². The van der Waals surface area contributed by atoms with E-state index in [4.69, 9.17) is 29.2 Å². The van der Waals surface area contributed by atoms with E-state index < -0.39 is 19.8 Å². The highest BCUT2D eigenvalue weighted by Gasteiger charge is 2.35. The van der Waals surface area contributed by atoms with E-state index in [0.29, 0.717) is 29.5 Å². The number of carbonyl (C=O) groups excluding carboxylic acids is 1. The Kier molecular flexibility index (Phi) is 11.1. The fraction of sp³-hybridized carbons (Fsp3) is 0.400. The molecular weight excluding hydrogens is 617 g/mol. The van der Waals surface area contributed by atoms with E-state index in [1.165, 1.54) is 0 Å². The summed E-state index contributed by atoms with van der Waals surface area (Å²) in [5.41, 5.74) is 8.50. The van der Waals surface area contributed by atoms with Gasteiger partial charge in [0.05, 0.1) is 30.3 Å². The molecule has 0 unspecified atom stereocenters. The van der Waals surface area contributed by atoms with Crippen LogP contribution in [0, 0.1) is 5.92 Å². The van der Waals surface area contributed by atoms with E-state index in [9.17, 15) is 9.36 Å². The molecule has 0 aliphatic rings. The Balaban J connectivity index is 1.53. The summed E-state index contributed by atoms with van der Waals surface area (Å²) >= 11 is 0. The second-order valence-corrected chi connectivity index (χ2v) is 13.5. The minimum absolute atomic E-state index is 0.0218. The van der Waals surface area contributed by atoms with E-state index in [1.807, 2.05) is 82.3 Å². The van der Waals surface area contributed by atoms with E-state index >= 15 is 0 Å². The Morgan fingerprint density at radius 2 is 1.74 bits per heavy atom. The van der Waals surface area contributed by atoms with Gasteiger partial charge in [-0.25, -0.2) is 14.5 Å². The normalized spacial score (nSPS) is 14.4. The predicted molar refractivity (Wildman–Crippen MR) is 185 cm³/mol. The van der Waals surface area contributed by atoms with Crippen LogP contribution in [0.5, 0.6) is 5.75 Å². The van der Waals surface area contributed by atoms with E-state index in [-0.39, 0.29) is 31.8 Å². The summed E-state index contributed by atoms with van der Waals surface area (Å²) in [6, 6.07) is 19.6. The lowest BCUT2D eigenvalue weighted by molar-refractivity contribution is -0.145. The van der Waals surface area contributed by atoms with Crippen LogP contribution in [-0.4, -0.2) is 46.4 Å². The molecule has 2 heterocycles. The van der Waals surface area contributed by atoms with Gasteiger partial charge in [-0.3, -0.25) is 9.32 Å². The number of nitrogens with two attached hydrogens (primary N) is 1. The maximum absolute atomic E-state index is 14.6. The number of rotatable bonds is 16. The van der Waals surface area contributed by atoms with E-state index in [2.05, 4.69) is 14.6 Å². The fourth-order valence-corrected chi connectivity index (χ4v) is 6.95. The summed E-state index contributed by atoms with van der Waals surface area (Å²) in [4.78, 5) is 22.3. The Morgan fingerprint density at radius 3 is 2.49 bits per heavy atom. The van der Waals surface area contributed by atoms with Crippen LogP contribution < -0.4 is 15.3 Å². The van der Waals surface area contributed by atoms with Gasteiger partial charge in [0.25, 0.3) is 0 Å². The topological polar surface area (TPSA) is 140 Å². The highest BCUT2D eigenvalue weighted by Crippen LogP contribution is 2.47. The molecule has 2 aromatic heterocycles. The van der Waals surface area contributed by atoms with Crippen molar-refractivity contribution >= 4 is 52.2 Å². The quantitative estimate of drug-likeness (QED) is 0.0618. The molecular formula is C35H44N5O6P. The van der Waals surface area contributed by atoms with Crippen molar-refractivity contribution in [2.24, 2.45) is 5.92 Å². The molecule has 3 N–H and O–H groups in total. The lowest BCUT2D eigenvalue weighted by Gasteiger charge is -2.29. The largest absolute Gasteiger partial charge is 0.465 e. The van der Waals surface area contributed by atoms with Gasteiger partial charge in [0.1, 0.15) is 29.7 Å². The third kappa shape index (κ3) is 7.93. The molecule has 11 nitrogen and oxygen atoms in total. The average molecular weight is 662 g/mol. The van der Waals surface area contributed by atoms with Crippen LogP contribution in [0.2, 0.25) is 0 Å². The minimum atomic E-state index is -4.17. The van der Waals surface area contributed by atoms with Gasteiger partial charge in [0.2, 0.25) is 0 Å². The molecule has 5 aromatic rings. The molecule has 250 valence electrons. The number of imidazole rings is 1. The van der Waals surface area contributed by atoms with E-state index in [0.717, 1.165) is 40.0 Å². The molecule has 0 radical (unpaired) electrons. The number of nitrogens with zero attached hydrogens (tertiary/aromatic N) is 3. The molecule has 0 fully saturated rings. The summed E-state index contributed by atoms with van der Waals surface area (Å²) < 4.78 is 40.3.